The van der Waals surface area contributed by atoms with E-state index in [0.717, 1.165) is 11.1 Å². The van der Waals surface area contributed by atoms with E-state index in [9.17, 15) is 14.4 Å². The van der Waals surface area contributed by atoms with Crippen molar-refractivity contribution in [2.24, 2.45) is 0 Å². The zero-order valence-electron chi connectivity index (χ0n) is 17.0. The van der Waals surface area contributed by atoms with Crippen molar-refractivity contribution in [3.8, 4) is 11.1 Å². The van der Waals surface area contributed by atoms with E-state index in [0.29, 0.717) is 36.6 Å². The van der Waals surface area contributed by atoms with Crippen LogP contribution < -0.4 is 5.32 Å². The number of carbonyl (C=O) groups is 3. The lowest BCUT2D eigenvalue weighted by Crippen LogP contribution is -2.52. The highest BCUT2D eigenvalue weighted by molar-refractivity contribution is 7.12. The topological polar surface area (TPSA) is 69.7 Å². The maximum atomic E-state index is 12.5. The first-order chi connectivity index (χ1) is 15.1. The second kappa shape index (κ2) is 9.57. The Morgan fingerprint density at radius 2 is 1.42 bits per heavy atom. The number of nitrogens with one attached hydrogen (secondary N) is 1. The predicted molar refractivity (Wildman–Crippen MR) is 121 cm³/mol. The van der Waals surface area contributed by atoms with Crippen LogP contribution in [0.15, 0.2) is 72.1 Å². The average molecular weight is 434 g/mol. The Morgan fingerprint density at radius 1 is 0.774 bits per heavy atom. The van der Waals surface area contributed by atoms with Crippen LogP contribution in [0.3, 0.4) is 0 Å². The molecule has 6 nitrogen and oxygen atoms in total. The molecule has 3 amide bonds. The van der Waals surface area contributed by atoms with Gasteiger partial charge in [0.05, 0.1) is 11.4 Å². The fourth-order valence-corrected chi connectivity index (χ4v) is 4.22. The zero-order chi connectivity index (χ0) is 21.6. The van der Waals surface area contributed by atoms with Crippen molar-refractivity contribution in [1.82, 2.24) is 15.1 Å². The number of piperazine rings is 1. The lowest BCUT2D eigenvalue weighted by Gasteiger charge is -2.34. The highest BCUT2D eigenvalue weighted by atomic mass is 32.1. The van der Waals surface area contributed by atoms with Gasteiger partial charge in [-0.2, -0.15) is 0 Å². The van der Waals surface area contributed by atoms with Gasteiger partial charge in [0.25, 0.3) is 11.8 Å². The third-order valence-electron chi connectivity index (χ3n) is 5.31. The highest BCUT2D eigenvalue weighted by Gasteiger charge is 2.25. The molecular formula is C24H23N3O3S. The van der Waals surface area contributed by atoms with Crippen LogP contribution in [0.4, 0.5) is 0 Å². The van der Waals surface area contributed by atoms with Crippen LogP contribution in [0.5, 0.6) is 0 Å². The van der Waals surface area contributed by atoms with E-state index < -0.39 is 0 Å². The molecule has 0 unspecified atom stereocenters. The van der Waals surface area contributed by atoms with Crippen LogP contribution >= 0.6 is 11.3 Å². The molecule has 4 rings (SSSR count). The summed E-state index contributed by atoms with van der Waals surface area (Å²) < 4.78 is 0. The molecule has 0 aliphatic carbocycles. The van der Waals surface area contributed by atoms with Gasteiger partial charge in [0.1, 0.15) is 0 Å². The van der Waals surface area contributed by atoms with Gasteiger partial charge in [-0.25, -0.2) is 0 Å². The van der Waals surface area contributed by atoms with E-state index in [-0.39, 0.29) is 24.3 Å². The number of rotatable bonds is 5. The Kier molecular flexibility index (Phi) is 6.43. The third-order valence-corrected chi connectivity index (χ3v) is 6.16. The first-order valence-electron chi connectivity index (χ1n) is 10.2. The SMILES string of the molecule is O=C(NCC(=O)N1CCN(C(=O)c2cccs2)CC1)c1ccc(-c2ccccc2)cc1. The van der Waals surface area contributed by atoms with Crippen LogP contribution in [0.2, 0.25) is 0 Å². The summed E-state index contributed by atoms with van der Waals surface area (Å²) in [6, 6.07) is 20.9. The molecule has 2 heterocycles. The van der Waals surface area contributed by atoms with Gasteiger partial charge in [0.2, 0.25) is 5.91 Å². The van der Waals surface area contributed by atoms with E-state index >= 15 is 0 Å². The van der Waals surface area contributed by atoms with Crippen molar-refractivity contribution in [3.63, 3.8) is 0 Å². The summed E-state index contributed by atoms with van der Waals surface area (Å²) in [5.74, 6) is -0.411. The first kappa shape index (κ1) is 20.8. The Hall–Kier alpha value is -3.45. The smallest absolute Gasteiger partial charge is 0.264 e. The summed E-state index contributed by atoms with van der Waals surface area (Å²) in [5, 5.41) is 4.58. The molecule has 158 valence electrons. The highest BCUT2D eigenvalue weighted by Crippen LogP contribution is 2.19. The van der Waals surface area contributed by atoms with Gasteiger partial charge >= 0.3 is 0 Å². The summed E-state index contributed by atoms with van der Waals surface area (Å²) >= 11 is 1.42. The Labute approximate surface area is 185 Å². The fourth-order valence-electron chi connectivity index (χ4n) is 3.53. The Bertz CT molecular complexity index is 1040. The van der Waals surface area contributed by atoms with Crippen molar-refractivity contribution in [2.45, 2.75) is 0 Å². The maximum Gasteiger partial charge on any atom is 0.264 e. The van der Waals surface area contributed by atoms with E-state index in [1.54, 1.807) is 21.9 Å². The largest absolute Gasteiger partial charge is 0.343 e. The molecule has 1 aromatic heterocycles. The van der Waals surface area contributed by atoms with Gasteiger partial charge in [-0.05, 0) is 34.7 Å². The van der Waals surface area contributed by atoms with Gasteiger partial charge in [-0.15, -0.1) is 11.3 Å². The number of hydrogen-bond donors (Lipinski definition) is 1. The minimum atomic E-state index is -0.278. The second-order valence-electron chi connectivity index (χ2n) is 7.28. The number of hydrogen-bond acceptors (Lipinski definition) is 4. The van der Waals surface area contributed by atoms with E-state index in [2.05, 4.69) is 5.32 Å². The molecule has 0 atom stereocenters. The average Bonchev–Trinajstić information content (AvgIpc) is 3.38. The lowest BCUT2D eigenvalue weighted by molar-refractivity contribution is -0.131. The molecule has 1 aliphatic heterocycles. The molecule has 1 saturated heterocycles. The molecule has 3 aromatic rings. The molecule has 31 heavy (non-hydrogen) atoms. The van der Waals surface area contributed by atoms with Gasteiger partial charge in [0, 0.05) is 31.7 Å². The van der Waals surface area contributed by atoms with Crippen LogP contribution in [-0.2, 0) is 4.79 Å². The molecule has 7 heteroatoms. The van der Waals surface area contributed by atoms with Gasteiger partial charge < -0.3 is 15.1 Å². The molecule has 2 aromatic carbocycles. The van der Waals surface area contributed by atoms with Gasteiger partial charge in [-0.3, -0.25) is 14.4 Å². The zero-order valence-corrected chi connectivity index (χ0v) is 17.8. The number of carbonyl (C=O) groups excluding carboxylic acids is 3. The monoisotopic (exact) mass is 433 g/mol. The summed E-state index contributed by atoms with van der Waals surface area (Å²) in [5.41, 5.74) is 2.63. The molecule has 1 aliphatic rings. The quantitative estimate of drug-likeness (QED) is 0.672. The van der Waals surface area contributed by atoms with Crippen molar-refractivity contribution in [2.75, 3.05) is 32.7 Å². The molecule has 0 bridgehead atoms. The summed E-state index contributed by atoms with van der Waals surface area (Å²) in [6.45, 7) is 1.88. The predicted octanol–water partition coefficient (Wildman–Crippen LogP) is 3.13. The Morgan fingerprint density at radius 3 is 2.06 bits per heavy atom. The number of thiophene rings is 1. The molecule has 1 fully saturated rings. The third kappa shape index (κ3) is 5.00. The fraction of sp³-hybridized carbons (Fsp3) is 0.208. The summed E-state index contributed by atoms with van der Waals surface area (Å²) in [4.78, 5) is 41.5. The molecule has 1 N–H and O–H groups in total. The summed E-state index contributed by atoms with van der Waals surface area (Å²) in [6.07, 6.45) is 0. The van der Waals surface area contributed by atoms with Crippen molar-refractivity contribution < 1.29 is 14.4 Å². The van der Waals surface area contributed by atoms with E-state index in [1.807, 2.05) is 60.0 Å². The summed E-state index contributed by atoms with van der Waals surface area (Å²) in [7, 11) is 0. The van der Waals surface area contributed by atoms with Crippen molar-refractivity contribution in [1.29, 1.82) is 0 Å². The molecule has 0 saturated carbocycles. The second-order valence-corrected chi connectivity index (χ2v) is 8.22. The minimum absolute atomic E-state index is 0.00866. The lowest BCUT2D eigenvalue weighted by atomic mass is 10.0. The molecule has 0 spiro atoms. The van der Waals surface area contributed by atoms with Crippen molar-refractivity contribution in [3.05, 3.63) is 82.6 Å². The number of amides is 3. The minimum Gasteiger partial charge on any atom is -0.343 e. The maximum absolute atomic E-state index is 12.5. The Balaban J connectivity index is 1.25. The van der Waals surface area contributed by atoms with E-state index in [4.69, 9.17) is 0 Å². The van der Waals surface area contributed by atoms with E-state index in [1.165, 1.54) is 11.3 Å². The standard InChI is InChI=1S/C24H23N3O3S/c28-22(26-12-14-27(15-13-26)24(30)21-7-4-16-31-21)17-25-23(29)20-10-8-19(9-11-20)18-5-2-1-3-6-18/h1-11,16H,12-15,17H2,(H,25,29). The number of benzene rings is 2. The van der Waals surface area contributed by atoms with Crippen LogP contribution in [0.25, 0.3) is 11.1 Å². The normalized spacial score (nSPS) is 13.7. The molecular weight excluding hydrogens is 410 g/mol. The van der Waals surface area contributed by atoms with Crippen LogP contribution in [0, 0.1) is 0 Å². The molecule has 0 radical (unpaired) electrons. The van der Waals surface area contributed by atoms with Crippen LogP contribution in [-0.4, -0.2) is 60.2 Å². The van der Waals surface area contributed by atoms with Crippen LogP contribution in [0.1, 0.15) is 20.0 Å². The van der Waals surface area contributed by atoms with Gasteiger partial charge in [0.15, 0.2) is 0 Å². The van der Waals surface area contributed by atoms with Crippen molar-refractivity contribution >= 4 is 29.1 Å². The van der Waals surface area contributed by atoms with Gasteiger partial charge in [-0.1, -0.05) is 48.5 Å². The number of nitrogens with zero attached hydrogens (tertiary/aromatic N) is 2. The first-order valence-corrected chi connectivity index (χ1v) is 11.0.